The zero-order valence-electron chi connectivity index (χ0n) is 11.1. The molecule has 3 rings (SSSR count). The van der Waals surface area contributed by atoms with E-state index in [1.165, 1.54) is 0 Å². The first-order valence-electron chi connectivity index (χ1n) is 6.51. The Morgan fingerprint density at radius 3 is 3.10 bits per heavy atom. The zero-order chi connectivity index (χ0) is 14.7. The number of carbonyl (C=O) groups excluding carboxylic acids is 1. The molecule has 2 heterocycles. The number of hydrogen-bond donors (Lipinski definition) is 1. The smallest absolute Gasteiger partial charge is 0.264 e. The fourth-order valence-electron chi connectivity index (χ4n) is 2.06. The highest BCUT2D eigenvalue weighted by molar-refractivity contribution is 9.10. The first-order chi connectivity index (χ1) is 10.2. The third-order valence-electron chi connectivity index (χ3n) is 3.14. The number of halogens is 1. The van der Waals surface area contributed by atoms with Crippen LogP contribution in [0.2, 0.25) is 0 Å². The van der Waals surface area contributed by atoms with Gasteiger partial charge in [-0.1, -0.05) is 39.3 Å². The molecule has 0 aliphatic carbocycles. The molecule has 1 aromatic heterocycles. The molecule has 1 atom stereocenters. The molecular weight excluding hydrogens is 352 g/mol. The summed E-state index contributed by atoms with van der Waals surface area (Å²) in [5.41, 5.74) is 1.77. The van der Waals surface area contributed by atoms with Crippen molar-refractivity contribution in [3.63, 3.8) is 0 Å². The summed E-state index contributed by atoms with van der Waals surface area (Å²) in [6.07, 6.45) is -0.0499. The summed E-state index contributed by atoms with van der Waals surface area (Å²) in [5, 5.41) is 8.89. The van der Waals surface area contributed by atoms with Crippen molar-refractivity contribution in [3.05, 3.63) is 56.7 Å². The van der Waals surface area contributed by atoms with E-state index in [-0.39, 0.29) is 5.91 Å². The lowest BCUT2D eigenvalue weighted by Crippen LogP contribution is -2.34. The van der Waals surface area contributed by atoms with Crippen LogP contribution in [0.5, 0.6) is 0 Å². The van der Waals surface area contributed by atoms with Crippen LogP contribution in [0, 0.1) is 0 Å². The number of benzene rings is 1. The molecule has 1 aliphatic heterocycles. The molecule has 1 aliphatic rings. The molecule has 21 heavy (non-hydrogen) atoms. The van der Waals surface area contributed by atoms with Crippen molar-refractivity contribution < 1.29 is 9.63 Å². The third kappa shape index (κ3) is 3.51. The largest absolute Gasteiger partial charge is 0.382 e. The number of nitrogens with zero attached hydrogens (tertiary/aromatic N) is 1. The number of oxime groups is 1. The first-order valence-corrected chi connectivity index (χ1v) is 8.18. The molecule has 2 aromatic rings. The van der Waals surface area contributed by atoms with Crippen LogP contribution in [-0.2, 0) is 16.2 Å². The molecule has 0 unspecified atom stereocenters. The number of carbonyl (C=O) groups is 1. The van der Waals surface area contributed by atoms with Gasteiger partial charge in [0.2, 0.25) is 6.10 Å². The molecule has 4 nitrogen and oxygen atoms in total. The lowest BCUT2D eigenvalue weighted by Gasteiger charge is -2.08. The Labute approximate surface area is 134 Å². The summed E-state index contributed by atoms with van der Waals surface area (Å²) >= 11 is 5.04. The van der Waals surface area contributed by atoms with Gasteiger partial charge in [0.25, 0.3) is 5.91 Å². The SMILES string of the molecule is O=C(NCc1cccs1)[C@@H]1CC(c2cccc(Br)c2)=NO1. The molecule has 1 amide bonds. The van der Waals surface area contributed by atoms with Gasteiger partial charge in [0.1, 0.15) is 0 Å². The number of hydrogen-bond acceptors (Lipinski definition) is 4. The molecule has 6 heteroatoms. The predicted molar refractivity (Wildman–Crippen MR) is 86.3 cm³/mol. The quantitative estimate of drug-likeness (QED) is 0.904. The van der Waals surface area contributed by atoms with Crippen molar-refractivity contribution in [3.8, 4) is 0 Å². The van der Waals surface area contributed by atoms with Gasteiger partial charge in [-0.05, 0) is 23.6 Å². The van der Waals surface area contributed by atoms with Gasteiger partial charge < -0.3 is 10.2 Å². The average molecular weight is 365 g/mol. The Morgan fingerprint density at radius 1 is 1.43 bits per heavy atom. The van der Waals surface area contributed by atoms with E-state index >= 15 is 0 Å². The summed E-state index contributed by atoms with van der Waals surface area (Å²) in [6, 6.07) is 11.8. The average Bonchev–Trinajstić information content (AvgIpc) is 3.16. The Bertz CT molecular complexity index is 670. The maximum absolute atomic E-state index is 12.1. The monoisotopic (exact) mass is 364 g/mol. The Kier molecular flexibility index (Phi) is 4.36. The van der Waals surface area contributed by atoms with Gasteiger partial charge in [-0.15, -0.1) is 11.3 Å². The summed E-state index contributed by atoms with van der Waals surface area (Å²) in [7, 11) is 0. The first kappa shape index (κ1) is 14.3. The number of nitrogens with one attached hydrogen (secondary N) is 1. The van der Waals surface area contributed by atoms with Gasteiger partial charge in [0.15, 0.2) is 0 Å². The minimum absolute atomic E-state index is 0.128. The van der Waals surface area contributed by atoms with E-state index < -0.39 is 6.10 Å². The summed E-state index contributed by atoms with van der Waals surface area (Å²) < 4.78 is 0.980. The van der Waals surface area contributed by atoms with E-state index in [1.54, 1.807) is 11.3 Å². The molecule has 0 saturated carbocycles. The standard InChI is InChI=1S/C15H13BrN2O2S/c16-11-4-1-3-10(7-11)13-8-14(20-18-13)15(19)17-9-12-5-2-6-21-12/h1-7,14H,8-9H2,(H,17,19)/t14-/m0/s1. The van der Waals surface area contributed by atoms with Crippen molar-refractivity contribution >= 4 is 38.9 Å². The van der Waals surface area contributed by atoms with Crippen molar-refractivity contribution in [2.75, 3.05) is 0 Å². The molecule has 108 valence electrons. The van der Waals surface area contributed by atoms with Gasteiger partial charge >= 0.3 is 0 Å². The highest BCUT2D eigenvalue weighted by atomic mass is 79.9. The fraction of sp³-hybridized carbons (Fsp3) is 0.200. The Balaban J connectivity index is 1.57. The Morgan fingerprint density at radius 2 is 2.33 bits per heavy atom. The fourth-order valence-corrected chi connectivity index (χ4v) is 3.10. The van der Waals surface area contributed by atoms with Gasteiger partial charge in [-0.25, -0.2) is 0 Å². The van der Waals surface area contributed by atoms with Crippen molar-refractivity contribution in [1.29, 1.82) is 0 Å². The van der Waals surface area contributed by atoms with Crippen molar-refractivity contribution in [2.24, 2.45) is 5.16 Å². The van der Waals surface area contributed by atoms with E-state index in [0.29, 0.717) is 13.0 Å². The van der Waals surface area contributed by atoms with Crippen LogP contribution < -0.4 is 5.32 Å². The molecular formula is C15H13BrN2O2S. The normalized spacial score (nSPS) is 17.2. The van der Waals surface area contributed by atoms with Gasteiger partial charge in [-0.3, -0.25) is 4.79 Å². The number of amides is 1. The van der Waals surface area contributed by atoms with Crippen LogP contribution in [0.15, 0.2) is 51.4 Å². The topological polar surface area (TPSA) is 50.7 Å². The second kappa shape index (κ2) is 6.41. The maximum Gasteiger partial charge on any atom is 0.264 e. The van der Waals surface area contributed by atoms with Gasteiger partial charge in [0, 0.05) is 21.3 Å². The summed E-state index contributed by atoms with van der Waals surface area (Å²) in [5.74, 6) is -0.128. The third-order valence-corrected chi connectivity index (χ3v) is 4.51. The Hall–Kier alpha value is -1.66. The van der Waals surface area contributed by atoms with Crippen molar-refractivity contribution in [1.82, 2.24) is 5.32 Å². The molecule has 0 saturated heterocycles. The minimum Gasteiger partial charge on any atom is -0.382 e. The molecule has 0 radical (unpaired) electrons. The van der Waals surface area contributed by atoms with Gasteiger partial charge in [-0.2, -0.15) is 0 Å². The second-order valence-corrected chi connectivity index (χ2v) is 6.59. The lowest BCUT2D eigenvalue weighted by atomic mass is 10.0. The molecule has 1 N–H and O–H groups in total. The molecule has 1 aromatic carbocycles. The van der Waals surface area contributed by atoms with Crippen molar-refractivity contribution in [2.45, 2.75) is 19.1 Å². The maximum atomic E-state index is 12.1. The second-order valence-electron chi connectivity index (χ2n) is 4.64. The summed E-state index contributed by atoms with van der Waals surface area (Å²) in [6.45, 7) is 0.530. The van der Waals surface area contributed by atoms with Crippen LogP contribution in [0.1, 0.15) is 16.9 Å². The highest BCUT2D eigenvalue weighted by Gasteiger charge is 2.28. The lowest BCUT2D eigenvalue weighted by molar-refractivity contribution is -0.131. The van der Waals surface area contributed by atoms with Crippen LogP contribution in [0.4, 0.5) is 0 Å². The molecule has 0 spiro atoms. The molecule has 0 bridgehead atoms. The zero-order valence-corrected chi connectivity index (χ0v) is 13.5. The van der Waals surface area contributed by atoms with Crippen LogP contribution in [0.25, 0.3) is 0 Å². The van der Waals surface area contributed by atoms with E-state index in [1.807, 2.05) is 41.8 Å². The van der Waals surface area contributed by atoms with E-state index in [4.69, 9.17) is 4.84 Å². The summed E-state index contributed by atoms with van der Waals surface area (Å²) in [4.78, 5) is 18.4. The number of rotatable bonds is 4. The van der Waals surface area contributed by atoms with E-state index in [9.17, 15) is 4.79 Å². The van der Waals surface area contributed by atoms with E-state index in [0.717, 1.165) is 20.6 Å². The van der Waals surface area contributed by atoms with Crippen LogP contribution in [-0.4, -0.2) is 17.7 Å². The molecule has 0 fully saturated rings. The van der Waals surface area contributed by atoms with Gasteiger partial charge in [0.05, 0.1) is 12.3 Å². The number of thiophene rings is 1. The predicted octanol–water partition coefficient (Wildman–Crippen LogP) is 3.32. The minimum atomic E-state index is -0.543. The van der Waals surface area contributed by atoms with E-state index in [2.05, 4.69) is 26.4 Å². The van der Waals surface area contributed by atoms with Crippen LogP contribution in [0.3, 0.4) is 0 Å². The highest BCUT2D eigenvalue weighted by Crippen LogP contribution is 2.20. The van der Waals surface area contributed by atoms with Crippen LogP contribution >= 0.6 is 27.3 Å².